The van der Waals surface area contributed by atoms with E-state index >= 15 is 0 Å². The largest absolute Gasteiger partial charge is 0.467 e. The van der Waals surface area contributed by atoms with Crippen molar-refractivity contribution in [2.24, 2.45) is 0 Å². The van der Waals surface area contributed by atoms with Crippen LogP contribution in [0.25, 0.3) is 0 Å². The van der Waals surface area contributed by atoms with Crippen molar-refractivity contribution >= 4 is 45.6 Å². The molecule has 4 N–H and O–H groups in total. The van der Waals surface area contributed by atoms with Gasteiger partial charge in [-0.3, -0.25) is 4.90 Å². The molecular formula is C30H35F4N9OS2. The number of anilines is 4. The highest BCUT2D eigenvalue weighted by atomic mass is 32.2. The molecule has 0 radical (unpaired) electrons. The maximum Gasteiger partial charge on any atom is 0.423 e. The van der Waals surface area contributed by atoms with E-state index in [1.54, 1.807) is 35.7 Å². The van der Waals surface area contributed by atoms with Gasteiger partial charge in [-0.25, -0.2) is 9.37 Å². The summed E-state index contributed by atoms with van der Waals surface area (Å²) in [7, 11) is 2.82. The molecule has 3 atom stereocenters. The van der Waals surface area contributed by atoms with Crippen LogP contribution in [0.3, 0.4) is 0 Å². The molecule has 0 saturated carbocycles. The summed E-state index contributed by atoms with van der Waals surface area (Å²) in [5, 5.41) is 10.1. The Hall–Kier alpha value is -3.55. The van der Waals surface area contributed by atoms with Crippen LogP contribution in [0.1, 0.15) is 59.4 Å². The SMILES string of the molecule is COc1nc(N2CC3(C2)SCc2sc(N)c(C#N)c23)c(C(F)(F)F)c(N(C)C(C)c2cccnc2N)n1.FC1CC2CCCN2C1. The number of hydrogen-bond donors (Lipinski definition) is 2. The van der Waals surface area contributed by atoms with E-state index in [2.05, 4.69) is 25.9 Å². The number of methoxy groups -OCH3 is 1. The van der Waals surface area contributed by atoms with Crippen LogP contribution in [0.2, 0.25) is 0 Å². The van der Waals surface area contributed by atoms with Gasteiger partial charge in [-0.05, 0) is 38.8 Å². The smallest absolute Gasteiger partial charge is 0.423 e. The van der Waals surface area contributed by atoms with Crippen LogP contribution in [0.15, 0.2) is 18.3 Å². The number of aromatic nitrogens is 3. The first kappa shape index (κ1) is 32.4. The highest BCUT2D eigenvalue weighted by Crippen LogP contribution is 2.59. The molecule has 7 rings (SSSR count). The molecule has 0 aromatic carbocycles. The molecule has 246 valence electrons. The minimum Gasteiger partial charge on any atom is -0.467 e. The lowest BCUT2D eigenvalue weighted by molar-refractivity contribution is -0.137. The quantitative estimate of drug-likeness (QED) is 0.339. The fourth-order valence-electron chi connectivity index (χ4n) is 6.89. The maximum absolute atomic E-state index is 14.6. The molecule has 3 aromatic rings. The number of nitrogen functional groups attached to an aromatic ring is 2. The summed E-state index contributed by atoms with van der Waals surface area (Å²) in [6.07, 6.45) is -0.427. The highest BCUT2D eigenvalue weighted by Gasteiger charge is 2.55. The summed E-state index contributed by atoms with van der Waals surface area (Å²) in [6, 6.07) is 5.40. The van der Waals surface area contributed by atoms with E-state index in [0.717, 1.165) is 23.4 Å². The lowest BCUT2D eigenvalue weighted by Crippen LogP contribution is -2.57. The van der Waals surface area contributed by atoms with Crippen LogP contribution >= 0.6 is 23.1 Å². The van der Waals surface area contributed by atoms with Crippen LogP contribution in [0, 0.1) is 11.3 Å². The molecule has 1 spiro atoms. The van der Waals surface area contributed by atoms with Crippen molar-refractivity contribution in [3.8, 4) is 12.1 Å². The van der Waals surface area contributed by atoms with Crippen molar-refractivity contribution in [2.45, 2.75) is 61.1 Å². The van der Waals surface area contributed by atoms with E-state index in [1.165, 1.54) is 49.4 Å². The Morgan fingerprint density at radius 3 is 2.67 bits per heavy atom. The third-order valence-corrected chi connectivity index (χ3v) is 11.9. The fraction of sp³-hybridized carbons (Fsp3) is 0.533. The number of pyridine rings is 1. The fourth-order valence-corrected chi connectivity index (χ4v) is 9.69. The van der Waals surface area contributed by atoms with Gasteiger partial charge in [-0.15, -0.1) is 23.1 Å². The Morgan fingerprint density at radius 1 is 1.26 bits per heavy atom. The highest BCUT2D eigenvalue weighted by molar-refractivity contribution is 8.00. The Balaban J connectivity index is 0.000000352. The first-order chi connectivity index (χ1) is 21.9. The molecular weight excluding hydrogens is 643 g/mol. The van der Waals surface area contributed by atoms with Crippen LogP contribution < -0.4 is 26.0 Å². The monoisotopic (exact) mass is 677 g/mol. The zero-order chi connectivity index (χ0) is 33.0. The Labute approximate surface area is 272 Å². The van der Waals surface area contributed by atoms with Crippen molar-refractivity contribution in [2.75, 3.05) is 61.6 Å². The van der Waals surface area contributed by atoms with Gasteiger partial charge < -0.3 is 26.0 Å². The molecule has 3 aromatic heterocycles. The zero-order valence-corrected chi connectivity index (χ0v) is 27.3. The van der Waals surface area contributed by atoms with Gasteiger partial charge >= 0.3 is 12.2 Å². The zero-order valence-electron chi connectivity index (χ0n) is 25.6. The Morgan fingerprint density at radius 2 is 2.02 bits per heavy atom. The second kappa shape index (κ2) is 12.2. The van der Waals surface area contributed by atoms with E-state index in [-0.39, 0.29) is 36.6 Å². The molecule has 4 aliphatic rings. The topological polar surface area (TPSA) is 133 Å². The molecule has 10 nitrogen and oxygen atoms in total. The molecule has 0 bridgehead atoms. The van der Waals surface area contributed by atoms with Gasteiger partial charge in [0, 0.05) is 60.7 Å². The summed E-state index contributed by atoms with van der Waals surface area (Å²) in [5.41, 5.74) is 12.9. The van der Waals surface area contributed by atoms with E-state index in [9.17, 15) is 22.8 Å². The minimum atomic E-state index is -4.76. The summed E-state index contributed by atoms with van der Waals surface area (Å²) >= 11 is 2.98. The van der Waals surface area contributed by atoms with Crippen molar-refractivity contribution in [3.63, 3.8) is 0 Å². The van der Waals surface area contributed by atoms with Gasteiger partial charge in [0.25, 0.3) is 0 Å². The number of alkyl halides is 4. The third kappa shape index (κ3) is 5.66. The van der Waals surface area contributed by atoms with Gasteiger partial charge in [0.15, 0.2) is 11.6 Å². The average molecular weight is 678 g/mol. The first-order valence-corrected chi connectivity index (χ1v) is 16.7. The van der Waals surface area contributed by atoms with Gasteiger partial charge in [0.2, 0.25) is 0 Å². The first-order valence-electron chi connectivity index (χ1n) is 14.9. The molecule has 16 heteroatoms. The summed E-state index contributed by atoms with van der Waals surface area (Å²) in [6.45, 7) is 4.07. The Bertz CT molecular complexity index is 1640. The number of thioether (sulfide) groups is 1. The molecule has 0 amide bonds. The normalized spacial score (nSPS) is 22.0. The Kier molecular flexibility index (Phi) is 8.62. The lowest BCUT2D eigenvalue weighted by atomic mass is 9.87. The van der Waals surface area contributed by atoms with Crippen LogP contribution in [-0.4, -0.2) is 72.4 Å². The van der Waals surface area contributed by atoms with E-state index in [4.69, 9.17) is 16.2 Å². The molecule has 4 aliphatic heterocycles. The van der Waals surface area contributed by atoms with E-state index < -0.39 is 28.7 Å². The van der Waals surface area contributed by atoms with Crippen LogP contribution in [0.5, 0.6) is 6.01 Å². The number of nitrogens with zero attached hydrogens (tertiary/aromatic N) is 7. The number of thiophene rings is 1. The van der Waals surface area contributed by atoms with Gasteiger partial charge in [0.05, 0.1) is 23.5 Å². The average Bonchev–Trinajstić information content (AvgIpc) is 3.75. The third-order valence-electron chi connectivity index (χ3n) is 9.26. The van der Waals surface area contributed by atoms with E-state index in [0.29, 0.717) is 34.5 Å². The number of nitriles is 1. The number of ether oxygens (including phenoxy) is 1. The van der Waals surface area contributed by atoms with Gasteiger partial charge in [0.1, 0.15) is 28.6 Å². The summed E-state index contributed by atoms with van der Waals surface area (Å²) in [4.78, 5) is 18.5. The lowest BCUT2D eigenvalue weighted by Gasteiger charge is -2.49. The standard InChI is InChI=1S/C23H23F3N8OS2.C7H12FN/c1-11(12-5-4-6-30-17(12)28)33(2)19-16(23(24,25)26)20(32-21(31-19)35-3)34-9-22(10-34)15-13(7-27)18(29)37-14(15)8-36-22;8-6-4-7-2-1-3-9(7)5-6/h4-6,11H,8-10,29H2,1-3H3,(H2,28,30);6-7H,1-5H2. The molecule has 46 heavy (non-hydrogen) atoms. The number of halogens is 4. The van der Waals surface area contributed by atoms with Crippen molar-refractivity contribution in [1.82, 2.24) is 19.9 Å². The maximum atomic E-state index is 14.6. The molecule has 3 fully saturated rings. The van der Waals surface area contributed by atoms with Crippen LogP contribution in [0.4, 0.5) is 40.0 Å². The number of fused-ring (bicyclic) bond motifs is 3. The summed E-state index contributed by atoms with van der Waals surface area (Å²) in [5.74, 6) is 0.285. The van der Waals surface area contributed by atoms with Crippen molar-refractivity contribution in [3.05, 3.63) is 45.5 Å². The summed E-state index contributed by atoms with van der Waals surface area (Å²) < 4.78 is 61.2. The van der Waals surface area contributed by atoms with Crippen LogP contribution in [-0.2, 0) is 16.7 Å². The molecule has 3 unspecified atom stereocenters. The minimum absolute atomic E-state index is 0.186. The molecule has 0 aliphatic carbocycles. The second-order valence-corrected chi connectivity index (χ2v) is 14.5. The number of hydrogen-bond acceptors (Lipinski definition) is 12. The van der Waals surface area contributed by atoms with Crippen molar-refractivity contribution < 1.29 is 22.3 Å². The van der Waals surface area contributed by atoms with Gasteiger partial charge in [-0.2, -0.15) is 28.4 Å². The van der Waals surface area contributed by atoms with Crippen molar-refractivity contribution in [1.29, 1.82) is 5.26 Å². The molecule has 3 saturated heterocycles. The predicted octanol–water partition coefficient (Wildman–Crippen LogP) is 5.35. The molecule has 7 heterocycles. The van der Waals surface area contributed by atoms with E-state index in [1.807, 2.05) is 0 Å². The predicted molar refractivity (Wildman–Crippen MR) is 172 cm³/mol. The van der Waals surface area contributed by atoms with Gasteiger partial charge in [-0.1, -0.05) is 6.07 Å². The number of nitrogens with two attached hydrogens (primary N) is 2. The second-order valence-electron chi connectivity index (χ2n) is 12.0. The number of rotatable bonds is 5.